The van der Waals surface area contributed by atoms with Crippen LogP contribution < -0.4 is 5.32 Å². The van der Waals surface area contributed by atoms with E-state index in [2.05, 4.69) is 43.5 Å². The lowest BCUT2D eigenvalue weighted by Gasteiger charge is -2.40. The Morgan fingerprint density at radius 2 is 0.670 bits per heavy atom. The fraction of sp³-hybridized carbons (Fsp3) is 0.911. The van der Waals surface area contributed by atoms with Crippen LogP contribution in [0, 0.1) is 0 Å². The summed E-state index contributed by atoms with van der Waals surface area (Å²) in [4.78, 5) is 13.2. The van der Waals surface area contributed by atoms with E-state index < -0.39 is 49.5 Å². The highest BCUT2D eigenvalue weighted by Crippen LogP contribution is 2.24. The first-order chi connectivity index (χ1) is 43.3. The summed E-state index contributed by atoms with van der Waals surface area (Å²) in [6.45, 7) is 3.83. The van der Waals surface area contributed by atoms with Gasteiger partial charge in [-0.05, 0) is 51.4 Å². The largest absolute Gasteiger partial charge is 0.394 e. The quantitative estimate of drug-likeness (QED) is 0.0261. The molecule has 0 spiro atoms. The van der Waals surface area contributed by atoms with Gasteiger partial charge in [0.15, 0.2) is 6.29 Å². The summed E-state index contributed by atoms with van der Waals surface area (Å²) in [7, 11) is 0. The molecule has 1 saturated heterocycles. The molecule has 0 radical (unpaired) electrons. The van der Waals surface area contributed by atoms with Gasteiger partial charge in [0.1, 0.15) is 24.4 Å². The van der Waals surface area contributed by atoms with Gasteiger partial charge in [-0.2, -0.15) is 0 Å². The number of aliphatic hydroxyl groups excluding tert-OH is 5. The fourth-order valence-corrected chi connectivity index (χ4v) is 12.8. The van der Waals surface area contributed by atoms with Crippen LogP contribution in [0.25, 0.3) is 0 Å². The first-order valence-corrected chi connectivity index (χ1v) is 39.2. The highest BCUT2D eigenvalue weighted by atomic mass is 16.7. The lowest BCUT2D eigenvalue weighted by molar-refractivity contribution is -0.302. The van der Waals surface area contributed by atoms with Gasteiger partial charge in [0.25, 0.3) is 0 Å². The summed E-state index contributed by atoms with van der Waals surface area (Å²) in [5.74, 6) is -0.167. The standard InChI is InChI=1S/C79H151NO8/c1-3-5-7-9-11-13-15-17-19-21-23-25-27-29-31-33-34-35-36-37-38-39-40-41-43-45-47-49-51-53-55-57-59-61-63-65-67-69-75(83)80-72(71-87-79-78(86)77(85)76(84)74(70-81)88-79)73(82)68-66-64-62-60-58-56-54-52-50-48-46-44-42-32-30-28-26-24-22-20-18-16-14-12-10-8-6-4-2/h15,17,21,23,66,68,72-74,76-79,81-82,84-86H,3-14,16,18-20,22,24-65,67,69-71H2,1-2H3,(H,80,83)/b17-15-,23-21-,68-66+. The Hall–Kier alpha value is -1.59. The van der Waals surface area contributed by atoms with Crippen LogP contribution in [0.3, 0.4) is 0 Å². The molecule has 1 aliphatic rings. The third kappa shape index (κ3) is 56.0. The molecule has 88 heavy (non-hydrogen) atoms. The van der Waals surface area contributed by atoms with Crippen LogP contribution in [0.15, 0.2) is 36.5 Å². The van der Waals surface area contributed by atoms with Gasteiger partial charge < -0.3 is 40.3 Å². The van der Waals surface area contributed by atoms with Crippen LogP contribution >= 0.6 is 0 Å². The van der Waals surface area contributed by atoms with Crippen molar-refractivity contribution in [2.75, 3.05) is 13.2 Å². The molecule has 0 aromatic heterocycles. The maximum absolute atomic E-state index is 13.2. The van der Waals surface area contributed by atoms with Gasteiger partial charge in [0, 0.05) is 6.42 Å². The zero-order valence-electron chi connectivity index (χ0n) is 58.5. The van der Waals surface area contributed by atoms with E-state index in [-0.39, 0.29) is 12.5 Å². The number of allylic oxidation sites excluding steroid dienone is 5. The van der Waals surface area contributed by atoms with Crippen molar-refractivity contribution in [1.29, 1.82) is 0 Å². The Labute approximate surface area is 546 Å². The van der Waals surface area contributed by atoms with Crippen LogP contribution in [0.2, 0.25) is 0 Å². The van der Waals surface area contributed by atoms with Gasteiger partial charge in [-0.3, -0.25) is 4.79 Å². The monoisotopic (exact) mass is 1240 g/mol. The lowest BCUT2D eigenvalue weighted by Crippen LogP contribution is -2.60. The Morgan fingerprint density at radius 3 is 0.977 bits per heavy atom. The lowest BCUT2D eigenvalue weighted by atomic mass is 9.99. The van der Waals surface area contributed by atoms with Crippen LogP contribution in [0.1, 0.15) is 406 Å². The number of nitrogens with one attached hydrogen (secondary N) is 1. The molecule has 7 atom stereocenters. The fourth-order valence-electron chi connectivity index (χ4n) is 12.8. The SMILES string of the molecule is CCCCCCC/C=C\C/C=C\CCCCCCCCCCCCCCCCCCCCCCCCCCCC(=O)NC(COC1OC(CO)C(O)C(O)C1O)C(O)/C=C/CCCCCCCCCCCCCCCCCCCCCCCCCCCC. The maximum Gasteiger partial charge on any atom is 0.220 e. The van der Waals surface area contributed by atoms with Crippen molar-refractivity contribution in [3.8, 4) is 0 Å². The number of hydrogen-bond acceptors (Lipinski definition) is 8. The molecule has 0 aliphatic carbocycles. The molecule has 7 unspecified atom stereocenters. The second-order valence-electron chi connectivity index (χ2n) is 27.5. The van der Waals surface area contributed by atoms with Gasteiger partial charge in [0.05, 0.1) is 25.4 Å². The summed E-state index contributed by atoms with van der Waals surface area (Å²) in [6.07, 6.45) is 85.7. The second kappa shape index (κ2) is 68.3. The highest BCUT2D eigenvalue weighted by Gasteiger charge is 2.44. The third-order valence-corrected chi connectivity index (χ3v) is 19.0. The average molecular weight is 1240 g/mol. The minimum Gasteiger partial charge on any atom is -0.394 e. The summed E-state index contributed by atoms with van der Waals surface area (Å²) in [6, 6.07) is -0.805. The van der Waals surface area contributed by atoms with Crippen molar-refractivity contribution >= 4 is 5.91 Å². The Bertz CT molecular complexity index is 1490. The predicted molar refractivity (Wildman–Crippen MR) is 378 cm³/mol. The molecule has 0 aromatic rings. The summed E-state index contributed by atoms with van der Waals surface area (Å²) < 4.78 is 11.3. The Balaban J connectivity index is 2.06. The van der Waals surface area contributed by atoms with E-state index in [1.165, 1.54) is 340 Å². The number of rotatable bonds is 70. The van der Waals surface area contributed by atoms with Gasteiger partial charge >= 0.3 is 0 Å². The molecule has 9 heteroatoms. The van der Waals surface area contributed by atoms with Crippen molar-refractivity contribution in [1.82, 2.24) is 5.32 Å². The maximum atomic E-state index is 13.2. The van der Waals surface area contributed by atoms with E-state index >= 15 is 0 Å². The second-order valence-corrected chi connectivity index (χ2v) is 27.5. The molecule has 1 aliphatic heterocycles. The molecule has 0 aromatic carbocycles. The molecule has 9 nitrogen and oxygen atoms in total. The molecule has 6 N–H and O–H groups in total. The smallest absolute Gasteiger partial charge is 0.220 e. The van der Waals surface area contributed by atoms with Crippen molar-refractivity contribution in [2.24, 2.45) is 0 Å². The molecular weight excluding hydrogens is 1090 g/mol. The number of amides is 1. The van der Waals surface area contributed by atoms with Gasteiger partial charge in [-0.1, -0.05) is 384 Å². The van der Waals surface area contributed by atoms with E-state index in [9.17, 15) is 30.3 Å². The number of hydrogen-bond donors (Lipinski definition) is 6. The first kappa shape index (κ1) is 84.4. The topological polar surface area (TPSA) is 149 Å². The van der Waals surface area contributed by atoms with Gasteiger partial charge in [-0.25, -0.2) is 0 Å². The van der Waals surface area contributed by atoms with E-state index in [4.69, 9.17) is 9.47 Å². The third-order valence-electron chi connectivity index (χ3n) is 19.0. The Kier molecular flexibility index (Phi) is 65.5. The van der Waals surface area contributed by atoms with Gasteiger partial charge in [0.2, 0.25) is 5.91 Å². The normalized spacial score (nSPS) is 18.0. The van der Waals surface area contributed by atoms with Crippen molar-refractivity contribution in [3.05, 3.63) is 36.5 Å². The number of carbonyl (C=O) groups is 1. The Morgan fingerprint density at radius 1 is 0.386 bits per heavy atom. The number of unbranched alkanes of at least 4 members (excludes halogenated alkanes) is 56. The van der Waals surface area contributed by atoms with Crippen molar-refractivity contribution in [3.63, 3.8) is 0 Å². The summed E-state index contributed by atoms with van der Waals surface area (Å²) in [5, 5.41) is 54.9. The van der Waals surface area contributed by atoms with E-state index in [0.717, 1.165) is 44.9 Å². The van der Waals surface area contributed by atoms with Crippen molar-refractivity contribution < 1.29 is 39.8 Å². The first-order valence-electron chi connectivity index (χ1n) is 39.2. The van der Waals surface area contributed by atoms with E-state index in [1.54, 1.807) is 6.08 Å². The van der Waals surface area contributed by atoms with Gasteiger partial charge in [-0.15, -0.1) is 0 Å². The van der Waals surface area contributed by atoms with Crippen LogP contribution in [-0.4, -0.2) is 87.5 Å². The van der Waals surface area contributed by atoms with Crippen LogP contribution in [0.4, 0.5) is 0 Å². The predicted octanol–water partition coefficient (Wildman–Crippen LogP) is 22.2. The zero-order chi connectivity index (χ0) is 63.5. The summed E-state index contributed by atoms with van der Waals surface area (Å²) in [5.41, 5.74) is 0. The van der Waals surface area contributed by atoms with E-state index in [0.29, 0.717) is 6.42 Å². The number of aliphatic hydroxyl groups is 5. The minimum absolute atomic E-state index is 0.167. The summed E-state index contributed by atoms with van der Waals surface area (Å²) >= 11 is 0. The molecule has 1 rings (SSSR count). The zero-order valence-corrected chi connectivity index (χ0v) is 58.5. The minimum atomic E-state index is -1.57. The molecule has 520 valence electrons. The van der Waals surface area contributed by atoms with Crippen molar-refractivity contribution in [2.45, 2.75) is 448 Å². The molecule has 0 saturated carbocycles. The van der Waals surface area contributed by atoms with Crippen LogP contribution in [-0.2, 0) is 14.3 Å². The number of ether oxygens (including phenoxy) is 2. The molecule has 1 heterocycles. The van der Waals surface area contributed by atoms with Crippen LogP contribution in [0.5, 0.6) is 0 Å². The molecule has 1 fully saturated rings. The van der Waals surface area contributed by atoms with E-state index in [1.807, 2.05) is 6.08 Å². The highest BCUT2D eigenvalue weighted by molar-refractivity contribution is 5.76. The molecule has 1 amide bonds. The molecule has 0 bridgehead atoms. The average Bonchev–Trinajstić information content (AvgIpc) is 3.29. The molecular formula is C79H151NO8. The number of carbonyl (C=O) groups excluding carboxylic acids is 1.